The summed E-state index contributed by atoms with van der Waals surface area (Å²) in [6.45, 7) is -0.0350. The predicted octanol–water partition coefficient (Wildman–Crippen LogP) is 5.49. The number of amides is 1. The van der Waals surface area contributed by atoms with E-state index in [2.05, 4.69) is 0 Å². The summed E-state index contributed by atoms with van der Waals surface area (Å²) in [4.78, 5) is 53.3. The number of benzene rings is 3. The number of halogens is 3. The second-order valence-corrected chi connectivity index (χ2v) is 9.35. The van der Waals surface area contributed by atoms with Crippen molar-refractivity contribution in [3.8, 4) is 0 Å². The van der Waals surface area contributed by atoms with Crippen molar-refractivity contribution in [2.24, 2.45) is 5.92 Å². The molecule has 3 aromatic carbocycles. The molecule has 0 radical (unpaired) electrons. The van der Waals surface area contributed by atoms with Gasteiger partial charge < -0.3 is 9.64 Å². The summed E-state index contributed by atoms with van der Waals surface area (Å²) in [5.74, 6) is -3.24. The molecule has 4 rings (SSSR count). The first-order chi connectivity index (χ1) is 17.8. The van der Waals surface area contributed by atoms with Crippen molar-refractivity contribution in [2.45, 2.75) is 18.9 Å². The molecule has 0 saturated carbocycles. The fraction of sp³-hybridized carbons (Fsp3) is 0.214. The minimum Gasteiger partial charge on any atom is -0.454 e. The van der Waals surface area contributed by atoms with Crippen LogP contribution in [0, 0.1) is 11.7 Å². The van der Waals surface area contributed by atoms with Gasteiger partial charge in [-0.2, -0.15) is 0 Å². The van der Waals surface area contributed by atoms with Crippen molar-refractivity contribution in [2.75, 3.05) is 17.3 Å². The molecule has 0 aromatic heterocycles. The van der Waals surface area contributed by atoms with Gasteiger partial charge in [0.2, 0.25) is 11.7 Å². The smallest absolute Gasteiger partial charge is 0.312 e. The summed E-state index contributed by atoms with van der Waals surface area (Å²) in [5, 5.41) is 0.328. The number of ether oxygens (including phenoxy) is 1. The van der Waals surface area contributed by atoms with Crippen molar-refractivity contribution in [1.29, 1.82) is 0 Å². The van der Waals surface area contributed by atoms with E-state index in [0.717, 1.165) is 12.1 Å². The minimum atomic E-state index is -1.18. The third-order valence-corrected chi connectivity index (χ3v) is 6.49. The first-order valence-corrected chi connectivity index (χ1v) is 12.5. The summed E-state index contributed by atoms with van der Waals surface area (Å²) in [5.41, 5.74) is 1.17. The number of carbonyl (C=O) groups excluding carboxylic acids is 4. The maximum Gasteiger partial charge on any atom is 0.312 e. The maximum absolute atomic E-state index is 13.2. The Morgan fingerprint density at radius 1 is 1.00 bits per heavy atom. The molecule has 1 aliphatic rings. The van der Waals surface area contributed by atoms with Crippen LogP contribution in [0.15, 0.2) is 72.8 Å². The van der Waals surface area contributed by atoms with E-state index in [1.165, 1.54) is 23.1 Å². The Morgan fingerprint density at radius 3 is 2.38 bits per heavy atom. The van der Waals surface area contributed by atoms with Gasteiger partial charge in [-0.05, 0) is 42.5 Å². The number of alkyl halides is 1. The van der Waals surface area contributed by atoms with Gasteiger partial charge in [-0.15, -0.1) is 11.6 Å². The molecule has 9 heteroatoms. The molecule has 6 nitrogen and oxygen atoms in total. The summed E-state index contributed by atoms with van der Waals surface area (Å²) < 4.78 is 18.7. The number of hydrogen-bond donors (Lipinski definition) is 0. The molecule has 37 heavy (non-hydrogen) atoms. The average molecular weight is 542 g/mol. The van der Waals surface area contributed by atoms with E-state index in [-0.39, 0.29) is 48.1 Å². The molecule has 1 heterocycles. The Kier molecular flexibility index (Phi) is 8.36. The first kappa shape index (κ1) is 26.5. The Hall–Kier alpha value is -3.55. The topological polar surface area (TPSA) is 80.8 Å². The summed E-state index contributed by atoms with van der Waals surface area (Å²) >= 11 is 12.0. The van der Waals surface area contributed by atoms with Crippen LogP contribution < -0.4 is 4.90 Å². The van der Waals surface area contributed by atoms with Crippen molar-refractivity contribution >= 4 is 52.3 Å². The zero-order chi connectivity index (χ0) is 26.5. The Bertz CT molecular complexity index is 1330. The van der Waals surface area contributed by atoms with Gasteiger partial charge in [0.05, 0.1) is 11.6 Å². The molecule has 0 bridgehead atoms. The summed E-state index contributed by atoms with van der Waals surface area (Å²) in [7, 11) is 0. The highest BCUT2D eigenvalue weighted by Crippen LogP contribution is 2.32. The number of anilines is 1. The average Bonchev–Trinajstić information content (AvgIpc) is 3.30. The molecule has 0 N–H and O–H groups in total. The van der Waals surface area contributed by atoms with Crippen molar-refractivity contribution < 1.29 is 28.3 Å². The van der Waals surface area contributed by atoms with Crippen LogP contribution in [-0.4, -0.2) is 42.0 Å². The molecule has 0 aliphatic carbocycles. The molecule has 2 atom stereocenters. The Labute approximate surface area is 222 Å². The fourth-order valence-electron chi connectivity index (χ4n) is 4.15. The normalized spacial score (nSPS) is 15.9. The lowest BCUT2D eigenvalue weighted by Gasteiger charge is -2.21. The summed E-state index contributed by atoms with van der Waals surface area (Å²) in [6, 6.07) is 18.1. The van der Waals surface area contributed by atoms with E-state index in [1.54, 1.807) is 42.5 Å². The number of hydrogen-bond acceptors (Lipinski definition) is 5. The zero-order valence-electron chi connectivity index (χ0n) is 19.5. The SMILES string of the molecule is O=C(c1ccccc1)c1cc(Cl)ccc1N1C[C@@H](C(=O)O[C@H](CCCl)C(=O)c2ccc(F)cc2)CC1=O. The van der Waals surface area contributed by atoms with Crippen LogP contribution in [-0.2, 0) is 14.3 Å². The van der Waals surface area contributed by atoms with Crippen LogP contribution in [0.5, 0.6) is 0 Å². The van der Waals surface area contributed by atoms with E-state index >= 15 is 0 Å². The number of esters is 1. The number of ketones is 2. The quantitative estimate of drug-likeness (QED) is 0.203. The number of Topliss-reactive ketones (excluding diaryl/α,β-unsaturated/α-hetero) is 1. The Balaban J connectivity index is 1.53. The van der Waals surface area contributed by atoms with E-state index in [0.29, 0.717) is 16.3 Å². The number of nitrogens with zero attached hydrogens (tertiary/aromatic N) is 1. The van der Waals surface area contributed by atoms with Crippen LogP contribution in [0.4, 0.5) is 10.1 Å². The van der Waals surface area contributed by atoms with Gasteiger partial charge in [0.1, 0.15) is 5.82 Å². The van der Waals surface area contributed by atoms with Crippen LogP contribution in [0.3, 0.4) is 0 Å². The van der Waals surface area contributed by atoms with Crippen LogP contribution in [0.1, 0.15) is 39.1 Å². The lowest BCUT2D eigenvalue weighted by molar-refractivity contribution is -0.151. The molecule has 0 unspecified atom stereocenters. The van der Waals surface area contributed by atoms with E-state index in [1.807, 2.05) is 0 Å². The third-order valence-electron chi connectivity index (χ3n) is 6.04. The molecule has 1 aliphatic heterocycles. The van der Waals surface area contributed by atoms with Crippen LogP contribution in [0.2, 0.25) is 5.02 Å². The maximum atomic E-state index is 13.2. The lowest BCUT2D eigenvalue weighted by Crippen LogP contribution is -2.32. The highest BCUT2D eigenvalue weighted by Gasteiger charge is 2.39. The molecule has 3 aromatic rings. The summed E-state index contributed by atoms with van der Waals surface area (Å²) in [6.07, 6.45) is -1.27. The molecule has 190 valence electrons. The van der Waals surface area contributed by atoms with E-state index in [9.17, 15) is 23.6 Å². The highest BCUT2D eigenvalue weighted by atomic mass is 35.5. The zero-order valence-corrected chi connectivity index (χ0v) is 21.0. The first-order valence-electron chi connectivity index (χ1n) is 11.5. The van der Waals surface area contributed by atoms with Gasteiger partial charge >= 0.3 is 5.97 Å². The second kappa shape index (κ2) is 11.7. The molecular formula is C28H22Cl2FNO5. The fourth-order valence-corrected chi connectivity index (χ4v) is 4.52. The second-order valence-electron chi connectivity index (χ2n) is 8.54. The Morgan fingerprint density at radius 2 is 1.70 bits per heavy atom. The van der Waals surface area contributed by atoms with Gasteiger partial charge in [-0.3, -0.25) is 19.2 Å². The minimum absolute atomic E-state index is 0.0350. The third kappa shape index (κ3) is 6.06. The van der Waals surface area contributed by atoms with Gasteiger partial charge in [0.25, 0.3) is 0 Å². The molecular weight excluding hydrogens is 520 g/mol. The van der Waals surface area contributed by atoms with Crippen molar-refractivity contribution in [1.82, 2.24) is 0 Å². The number of rotatable bonds is 9. The predicted molar refractivity (Wildman–Crippen MR) is 138 cm³/mol. The van der Waals surface area contributed by atoms with E-state index in [4.69, 9.17) is 27.9 Å². The number of carbonyl (C=O) groups is 4. The molecule has 1 amide bonds. The van der Waals surface area contributed by atoms with Crippen LogP contribution in [0.25, 0.3) is 0 Å². The van der Waals surface area contributed by atoms with Crippen LogP contribution >= 0.6 is 23.2 Å². The standard InChI is InChI=1S/C28H22Cl2FNO5/c29-13-12-24(27(35)18-6-9-21(31)10-7-18)37-28(36)19-14-25(33)32(16-19)23-11-8-20(30)15-22(23)26(34)17-4-2-1-3-5-17/h1-11,15,19,24H,12-14,16H2/t19-,24+/m0/s1. The molecule has 0 spiro atoms. The van der Waals surface area contributed by atoms with Gasteiger partial charge in [0, 0.05) is 47.0 Å². The van der Waals surface area contributed by atoms with Crippen molar-refractivity contribution in [3.05, 3.63) is 100 Å². The van der Waals surface area contributed by atoms with Gasteiger partial charge in [-0.1, -0.05) is 41.9 Å². The van der Waals surface area contributed by atoms with Gasteiger partial charge in [-0.25, -0.2) is 4.39 Å². The monoisotopic (exact) mass is 541 g/mol. The highest BCUT2D eigenvalue weighted by molar-refractivity contribution is 6.31. The largest absolute Gasteiger partial charge is 0.454 e. The molecule has 1 fully saturated rings. The van der Waals surface area contributed by atoms with Crippen molar-refractivity contribution in [3.63, 3.8) is 0 Å². The molecule has 1 saturated heterocycles. The van der Waals surface area contributed by atoms with Gasteiger partial charge in [0.15, 0.2) is 11.9 Å². The lowest BCUT2D eigenvalue weighted by atomic mass is 10.0. The van der Waals surface area contributed by atoms with E-state index < -0.39 is 29.6 Å².